The monoisotopic (exact) mass is 366 g/mol. The lowest BCUT2D eigenvalue weighted by Crippen LogP contribution is -2.37. The van der Waals surface area contributed by atoms with Gasteiger partial charge in [0, 0.05) is 24.7 Å². The summed E-state index contributed by atoms with van der Waals surface area (Å²) in [5, 5.41) is 9.31. The van der Waals surface area contributed by atoms with Crippen molar-refractivity contribution in [2.24, 2.45) is 0 Å². The summed E-state index contributed by atoms with van der Waals surface area (Å²) in [4.78, 5) is 2.47. The van der Waals surface area contributed by atoms with Gasteiger partial charge in [-0.3, -0.25) is 4.90 Å². The molecule has 0 spiro atoms. The van der Waals surface area contributed by atoms with Crippen LogP contribution >= 0.6 is 11.3 Å². The quantitative estimate of drug-likeness (QED) is 0.760. The van der Waals surface area contributed by atoms with Gasteiger partial charge in [0.05, 0.1) is 13.2 Å². The topological polar surface area (TPSA) is 64.3 Å². The van der Waals surface area contributed by atoms with Crippen LogP contribution in [0.15, 0.2) is 48.5 Å². The number of benzene rings is 2. The van der Waals surface area contributed by atoms with Crippen LogP contribution in [0.25, 0.3) is 21.7 Å². The van der Waals surface area contributed by atoms with Crippen LogP contribution in [-0.4, -0.2) is 41.4 Å². The van der Waals surface area contributed by atoms with Gasteiger partial charge in [0.1, 0.15) is 5.01 Å². The second-order valence-corrected chi connectivity index (χ2v) is 7.48. The van der Waals surface area contributed by atoms with Gasteiger partial charge in [0.15, 0.2) is 0 Å². The maximum absolute atomic E-state index is 5.66. The van der Waals surface area contributed by atoms with E-state index in [-0.39, 0.29) is 0 Å². The Labute approximate surface area is 157 Å². The second-order valence-electron chi connectivity index (χ2n) is 6.47. The van der Waals surface area contributed by atoms with E-state index >= 15 is 0 Å². The number of nitrogens with zero attached hydrogens (tertiary/aromatic N) is 3. The zero-order valence-electron chi connectivity index (χ0n) is 14.8. The van der Waals surface area contributed by atoms with Crippen molar-refractivity contribution in [2.75, 3.05) is 32.0 Å². The van der Waals surface area contributed by atoms with E-state index in [4.69, 9.17) is 10.5 Å². The molecule has 134 valence electrons. The summed E-state index contributed by atoms with van der Waals surface area (Å²) < 4.78 is 5.45. The predicted molar refractivity (Wildman–Crippen MR) is 106 cm³/mol. The fraction of sp³-hybridized carbons (Fsp3) is 0.300. The SMILES string of the molecule is C[C@@H](c1ccc(-c2ccc(-c3nnc(N)s3)cc2)cc1)N1CCOCC1. The molecule has 0 bridgehead atoms. The molecule has 0 amide bonds. The highest BCUT2D eigenvalue weighted by molar-refractivity contribution is 7.18. The highest BCUT2D eigenvalue weighted by atomic mass is 32.1. The molecule has 1 aliphatic heterocycles. The Kier molecular flexibility index (Phi) is 4.97. The van der Waals surface area contributed by atoms with Gasteiger partial charge in [0.2, 0.25) is 5.13 Å². The molecule has 1 aromatic heterocycles. The zero-order chi connectivity index (χ0) is 17.9. The molecular formula is C20H22N4OS. The Balaban J connectivity index is 1.49. The third-order valence-corrected chi connectivity index (χ3v) is 5.69. The first-order valence-corrected chi connectivity index (χ1v) is 9.64. The lowest BCUT2D eigenvalue weighted by molar-refractivity contribution is 0.0198. The van der Waals surface area contributed by atoms with Crippen LogP contribution in [0.3, 0.4) is 0 Å². The highest BCUT2D eigenvalue weighted by Gasteiger charge is 2.18. The minimum Gasteiger partial charge on any atom is -0.379 e. The van der Waals surface area contributed by atoms with Crippen LogP contribution in [0.4, 0.5) is 5.13 Å². The van der Waals surface area contributed by atoms with Crippen LogP contribution < -0.4 is 5.73 Å². The minimum atomic E-state index is 0.415. The number of nitrogen functional groups attached to an aromatic ring is 1. The standard InChI is InChI=1S/C20H22N4OS/c1-14(24-10-12-25-13-11-24)15-2-4-16(5-3-15)17-6-8-18(9-7-17)19-22-23-20(21)26-19/h2-9,14H,10-13H2,1H3,(H2,21,23)/t14-/m0/s1. The van der Waals surface area contributed by atoms with Crippen molar-refractivity contribution >= 4 is 16.5 Å². The molecule has 1 saturated heterocycles. The van der Waals surface area contributed by atoms with E-state index in [9.17, 15) is 0 Å². The van der Waals surface area contributed by atoms with Crippen LogP contribution in [0.5, 0.6) is 0 Å². The van der Waals surface area contributed by atoms with Crippen molar-refractivity contribution in [2.45, 2.75) is 13.0 Å². The van der Waals surface area contributed by atoms with E-state index in [2.05, 4.69) is 70.6 Å². The molecule has 2 heterocycles. The maximum Gasteiger partial charge on any atom is 0.203 e. The molecule has 1 aliphatic rings. The third kappa shape index (κ3) is 3.62. The Bertz CT molecular complexity index is 854. The van der Waals surface area contributed by atoms with Crippen LogP contribution in [-0.2, 0) is 4.74 Å². The molecule has 6 heteroatoms. The molecule has 2 N–H and O–H groups in total. The molecular weight excluding hydrogens is 344 g/mol. The average Bonchev–Trinajstić information content (AvgIpc) is 3.15. The first kappa shape index (κ1) is 17.1. The lowest BCUT2D eigenvalue weighted by atomic mass is 10.00. The van der Waals surface area contributed by atoms with Gasteiger partial charge in [-0.1, -0.05) is 59.9 Å². The fourth-order valence-corrected chi connectivity index (χ4v) is 3.90. The van der Waals surface area contributed by atoms with E-state index in [1.807, 2.05) is 0 Å². The van der Waals surface area contributed by atoms with Gasteiger partial charge in [-0.05, 0) is 23.6 Å². The molecule has 5 nitrogen and oxygen atoms in total. The Morgan fingerprint density at radius 3 is 2.08 bits per heavy atom. The summed E-state index contributed by atoms with van der Waals surface area (Å²) in [5.41, 5.74) is 10.5. The fourth-order valence-electron chi connectivity index (χ4n) is 3.29. The van der Waals surface area contributed by atoms with Crippen molar-refractivity contribution in [1.29, 1.82) is 0 Å². The number of hydrogen-bond acceptors (Lipinski definition) is 6. The van der Waals surface area contributed by atoms with Gasteiger partial charge >= 0.3 is 0 Å². The smallest absolute Gasteiger partial charge is 0.203 e. The van der Waals surface area contributed by atoms with E-state index < -0.39 is 0 Å². The Morgan fingerprint density at radius 1 is 0.923 bits per heavy atom. The first-order valence-electron chi connectivity index (χ1n) is 8.82. The van der Waals surface area contributed by atoms with Crippen molar-refractivity contribution in [3.05, 3.63) is 54.1 Å². The Hall–Kier alpha value is -2.28. The molecule has 0 saturated carbocycles. The number of morpholine rings is 1. The summed E-state index contributed by atoms with van der Waals surface area (Å²) in [6.45, 7) is 5.92. The summed E-state index contributed by atoms with van der Waals surface area (Å²) >= 11 is 1.40. The maximum atomic E-state index is 5.66. The molecule has 26 heavy (non-hydrogen) atoms. The molecule has 0 unspecified atom stereocenters. The van der Waals surface area contributed by atoms with E-state index in [1.165, 1.54) is 28.0 Å². The van der Waals surface area contributed by atoms with Crippen molar-refractivity contribution in [3.63, 3.8) is 0 Å². The summed E-state index contributed by atoms with van der Waals surface area (Å²) in [6.07, 6.45) is 0. The molecule has 1 fully saturated rings. The molecule has 3 aromatic rings. The average molecular weight is 366 g/mol. The van der Waals surface area contributed by atoms with Gasteiger partial charge in [-0.25, -0.2) is 0 Å². The van der Waals surface area contributed by atoms with Crippen LogP contribution in [0.1, 0.15) is 18.5 Å². The highest BCUT2D eigenvalue weighted by Crippen LogP contribution is 2.29. The van der Waals surface area contributed by atoms with Crippen molar-refractivity contribution in [3.8, 4) is 21.7 Å². The van der Waals surface area contributed by atoms with Gasteiger partial charge in [-0.2, -0.15) is 0 Å². The number of rotatable bonds is 4. The molecule has 1 atom stereocenters. The number of aromatic nitrogens is 2. The van der Waals surface area contributed by atoms with Gasteiger partial charge in [-0.15, -0.1) is 10.2 Å². The van der Waals surface area contributed by atoms with Gasteiger partial charge in [0.25, 0.3) is 0 Å². The van der Waals surface area contributed by atoms with Crippen LogP contribution in [0.2, 0.25) is 0 Å². The van der Waals surface area contributed by atoms with E-state index in [0.29, 0.717) is 11.2 Å². The molecule has 0 aliphatic carbocycles. The second kappa shape index (κ2) is 7.53. The van der Waals surface area contributed by atoms with E-state index in [0.717, 1.165) is 36.9 Å². The number of ether oxygens (including phenoxy) is 1. The molecule has 2 aromatic carbocycles. The van der Waals surface area contributed by atoms with Gasteiger partial charge < -0.3 is 10.5 Å². The zero-order valence-corrected chi connectivity index (χ0v) is 15.6. The van der Waals surface area contributed by atoms with Crippen LogP contribution in [0, 0.1) is 0 Å². The molecule has 4 rings (SSSR count). The lowest BCUT2D eigenvalue weighted by Gasteiger charge is -2.32. The van der Waals surface area contributed by atoms with E-state index in [1.54, 1.807) is 0 Å². The largest absolute Gasteiger partial charge is 0.379 e. The Morgan fingerprint density at radius 2 is 1.50 bits per heavy atom. The summed E-state index contributed by atoms with van der Waals surface area (Å²) in [7, 11) is 0. The van der Waals surface area contributed by atoms with Crippen molar-refractivity contribution < 1.29 is 4.74 Å². The predicted octanol–water partition coefficient (Wildman–Crippen LogP) is 3.85. The third-order valence-electron chi connectivity index (χ3n) is 4.89. The number of anilines is 1. The summed E-state index contributed by atoms with van der Waals surface area (Å²) in [6, 6.07) is 17.6. The number of nitrogens with two attached hydrogens (primary N) is 1. The first-order chi connectivity index (χ1) is 12.7. The summed E-state index contributed by atoms with van der Waals surface area (Å²) in [5.74, 6) is 0. The minimum absolute atomic E-state index is 0.415. The normalized spacial score (nSPS) is 16.5. The number of hydrogen-bond donors (Lipinski definition) is 1. The molecule has 0 radical (unpaired) electrons. The van der Waals surface area contributed by atoms with Crippen molar-refractivity contribution in [1.82, 2.24) is 15.1 Å².